The van der Waals surface area contributed by atoms with E-state index in [1.807, 2.05) is 6.92 Å². The quantitative estimate of drug-likeness (QED) is 0.409. The predicted octanol–water partition coefficient (Wildman–Crippen LogP) is 3.38. The Morgan fingerprint density at radius 3 is 2.41 bits per heavy atom. The minimum Gasteiger partial charge on any atom is -0.455 e. The number of carbonyl (C=O) groups is 2. The Balaban J connectivity index is 2.71. The summed E-state index contributed by atoms with van der Waals surface area (Å²) >= 11 is 0. The Kier molecular flexibility index (Phi) is 11.5. The van der Waals surface area contributed by atoms with Gasteiger partial charge in [0.1, 0.15) is 6.10 Å². The summed E-state index contributed by atoms with van der Waals surface area (Å²) in [6, 6.07) is 0. The Morgan fingerprint density at radius 1 is 1.14 bits per heavy atom. The molecular formula is C22H38O7. The maximum atomic E-state index is 12.3. The van der Waals surface area contributed by atoms with Gasteiger partial charge in [0, 0.05) is 6.92 Å². The highest BCUT2D eigenvalue weighted by molar-refractivity contribution is 5.72. The Hall–Kier alpha value is -1.44. The van der Waals surface area contributed by atoms with Crippen LogP contribution in [0.3, 0.4) is 0 Å². The van der Waals surface area contributed by atoms with Crippen LogP contribution in [-0.2, 0) is 28.5 Å². The van der Waals surface area contributed by atoms with Gasteiger partial charge in [-0.25, -0.2) is 0 Å². The Labute approximate surface area is 174 Å². The highest BCUT2D eigenvalue weighted by atomic mass is 16.7. The van der Waals surface area contributed by atoms with Crippen molar-refractivity contribution in [3.8, 4) is 0 Å². The van der Waals surface area contributed by atoms with E-state index < -0.39 is 36.5 Å². The highest BCUT2D eigenvalue weighted by Gasteiger charge is 2.45. The number of allylic oxidation sites excluding steroid dienone is 2. The second-order valence-corrected chi connectivity index (χ2v) is 8.18. The maximum Gasteiger partial charge on any atom is 0.309 e. The third-order valence-electron chi connectivity index (χ3n) is 5.08. The molecule has 7 heteroatoms. The molecule has 0 aromatic carbocycles. The van der Waals surface area contributed by atoms with E-state index in [0.29, 0.717) is 18.9 Å². The van der Waals surface area contributed by atoms with Gasteiger partial charge in [0.05, 0.1) is 19.1 Å². The molecule has 0 bridgehead atoms. The summed E-state index contributed by atoms with van der Waals surface area (Å²) in [4.78, 5) is 23.8. The van der Waals surface area contributed by atoms with Crippen LogP contribution in [0.4, 0.5) is 0 Å². The first-order valence-corrected chi connectivity index (χ1v) is 10.6. The summed E-state index contributed by atoms with van der Waals surface area (Å²) < 4.78 is 22.2. The zero-order valence-electron chi connectivity index (χ0n) is 18.7. The minimum absolute atomic E-state index is 0.0594. The van der Waals surface area contributed by atoms with Gasteiger partial charge in [-0.05, 0) is 45.4 Å². The molecular weight excluding hydrogens is 376 g/mol. The molecule has 1 aliphatic heterocycles. The molecule has 0 unspecified atom stereocenters. The van der Waals surface area contributed by atoms with Crippen LogP contribution in [0.5, 0.6) is 0 Å². The number of ether oxygens (including phenoxy) is 4. The lowest BCUT2D eigenvalue weighted by Gasteiger charge is -2.39. The van der Waals surface area contributed by atoms with Crippen LogP contribution >= 0.6 is 0 Å². The first-order chi connectivity index (χ1) is 13.6. The van der Waals surface area contributed by atoms with E-state index in [-0.39, 0.29) is 12.5 Å². The van der Waals surface area contributed by atoms with E-state index in [2.05, 4.69) is 26.8 Å². The fourth-order valence-corrected chi connectivity index (χ4v) is 2.96. The van der Waals surface area contributed by atoms with Gasteiger partial charge in [0.15, 0.2) is 18.5 Å². The SMILES string of the molecule is CC[C@@H](C)C(=O)O[C@H]1[C@H](OCC[C@H](C)CCC=C(C)C)OC[C@@H](O)[C@@H]1OC(C)=O. The van der Waals surface area contributed by atoms with E-state index in [9.17, 15) is 14.7 Å². The lowest BCUT2D eigenvalue weighted by molar-refractivity contribution is -0.280. The number of hydrogen-bond donors (Lipinski definition) is 1. The molecule has 1 rings (SSSR count). The van der Waals surface area contributed by atoms with Crippen molar-refractivity contribution in [2.45, 2.75) is 91.8 Å². The third kappa shape index (κ3) is 9.28. The largest absolute Gasteiger partial charge is 0.455 e. The van der Waals surface area contributed by atoms with E-state index in [1.165, 1.54) is 12.5 Å². The highest BCUT2D eigenvalue weighted by Crippen LogP contribution is 2.25. The molecule has 0 spiro atoms. The minimum atomic E-state index is -1.09. The average molecular weight is 415 g/mol. The zero-order valence-corrected chi connectivity index (χ0v) is 18.7. The fraction of sp³-hybridized carbons (Fsp3) is 0.818. The maximum absolute atomic E-state index is 12.3. The van der Waals surface area contributed by atoms with Crippen LogP contribution in [0.15, 0.2) is 11.6 Å². The number of rotatable bonds is 11. The first kappa shape index (κ1) is 25.6. The van der Waals surface area contributed by atoms with Crippen molar-refractivity contribution in [3.63, 3.8) is 0 Å². The van der Waals surface area contributed by atoms with Crippen molar-refractivity contribution in [1.82, 2.24) is 0 Å². The summed E-state index contributed by atoms with van der Waals surface area (Å²) in [5.74, 6) is -0.851. The summed E-state index contributed by atoms with van der Waals surface area (Å²) in [6.45, 7) is 11.6. The topological polar surface area (TPSA) is 91.3 Å². The second-order valence-electron chi connectivity index (χ2n) is 8.18. The van der Waals surface area contributed by atoms with Crippen LogP contribution in [0.2, 0.25) is 0 Å². The molecule has 0 aromatic rings. The Morgan fingerprint density at radius 2 is 1.83 bits per heavy atom. The van der Waals surface area contributed by atoms with Crippen molar-refractivity contribution in [2.75, 3.05) is 13.2 Å². The predicted molar refractivity (Wildman–Crippen MR) is 109 cm³/mol. The molecule has 0 aliphatic carbocycles. The van der Waals surface area contributed by atoms with Crippen LogP contribution in [0.25, 0.3) is 0 Å². The normalized spacial score (nSPS) is 26.3. The van der Waals surface area contributed by atoms with Gasteiger partial charge in [-0.2, -0.15) is 0 Å². The van der Waals surface area contributed by atoms with Crippen LogP contribution in [-0.4, -0.2) is 54.9 Å². The van der Waals surface area contributed by atoms with Crippen molar-refractivity contribution in [2.24, 2.45) is 11.8 Å². The van der Waals surface area contributed by atoms with Crippen molar-refractivity contribution in [3.05, 3.63) is 11.6 Å². The summed E-state index contributed by atoms with van der Waals surface area (Å²) in [5, 5.41) is 10.2. The van der Waals surface area contributed by atoms with E-state index >= 15 is 0 Å². The second kappa shape index (κ2) is 13.0. The van der Waals surface area contributed by atoms with Crippen LogP contribution < -0.4 is 0 Å². The number of esters is 2. The van der Waals surface area contributed by atoms with Crippen molar-refractivity contribution < 1.29 is 33.6 Å². The summed E-state index contributed by atoms with van der Waals surface area (Å²) in [7, 11) is 0. The Bertz CT molecular complexity index is 541. The molecule has 29 heavy (non-hydrogen) atoms. The monoisotopic (exact) mass is 414 g/mol. The van der Waals surface area contributed by atoms with Gasteiger partial charge in [0.25, 0.3) is 0 Å². The molecule has 1 fully saturated rings. The zero-order chi connectivity index (χ0) is 22.0. The molecule has 0 amide bonds. The molecule has 1 aliphatic rings. The van der Waals surface area contributed by atoms with Crippen molar-refractivity contribution in [1.29, 1.82) is 0 Å². The van der Waals surface area contributed by atoms with Gasteiger partial charge < -0.3 is 24.1 Å². The molecule has 0 radical (unpaired) electrons. The fourth-order valence-electron chi connectivity index (χ4n) is 2.96. The molecule has 6 atom stereocenters. The van der Waals surface area contributed by atoms with E-state index in [1.54, 1.807) is 6.92 Å². The van der Waals surface area contributed by atoms with Crippen molar-refractivity contribution >= 4 is 11.9 Å². The molecule has 168 valence electrons. The molecule has 1 saturated heterocycles. The lowest BCUT2D eigenvalue weighted by Crippen LogP contribution is -2.57. The first-order valence-electron chi connectivity index (χ1n) is 10.6. The van der Waals surface area contributed by atoms with Crippen LogP contribution in [0, 0.1) is 11.8 Å². The van der Waals surface area contributed by atoms with Gasteiger partial charge >= 0.3 is 11.9 Å². The van der Waals surface area contributed by atoms with E-state index in [4.69, 9.17) is 18.9 Å². The molecule has 7 nitrogen and oxygen atoms in total. The molecule has 1 heterocycles. The van der Waals surface area contributed by atoms with Gasteiger partial charge in [-0.15, -0.1) is 0 Å². The smallest absolute Gasteiger partial charge is 0.309 e. The number of carbonyl (C=O) groups excluding carboxylic acids is 2. The standard InChI is InChI=1S/C22H38O7/c1-7-16(5)21(25)29-20-19(28-17(6)23)18(24)13-27-22(20)26-12-11-15(4)10-8-9-14(2)3/h9,15-16,18-20,22,24H,7-8,10-13H2,1-6H3/t15-,16-,18-,19+,20-,22-/m1/s1. The number of hydrogen-bond acceptors (Lipinski definition) is 7. The molecule has 1 N–H and O–H groups in total. The van der Waals surface area contributed by atoms with Gasteiger partial charge in [0.2, 0.25) is 0 Å². The average Bonchev–Trinajstić information content (AvgIpc) is 2.64. The summed E-state index contributed by atoms with van der Waals surface area (Å²) in [6.07, 6.45) is 1.74. The number of aliphatic hydroxyl groups excluding tert-OH is 1. The third-order valence-corrected chi connectivity index (χ3v) is 5.08. The van der Waals surface area contributed by atoms with Gasteiger partial charge in [-0.3, -0.25) is 9.59 Å². The number of aliphatic hydroxyl groups is 1. The lowest BCUT2D eigenvalue weighted by atomic mass is 10.0. The van der Waals surface area contributed by atoms with E-state index in [0.717, 1.165) is 19.3 Å². The van der Waals surface area contributed by atoms with Gasteiger partial charge in [-0.1, -0.05) is 32.4 Å². The molecule has 0 saturated carbocycles. The van der Waals surface area contributed by atoms with Crippen LogP contribution in [0.1, 0.15) is 67.2 Å². The summed E-state index contributed by atoms with van der Waals surface area (Å²) in [5.41, 5.74) is 1.31. The molecule has 0 aromatic heterocycles.